The first-order valence-corrected chi connectivity index (χ1v) is 9.92. The average Bonchev–Trinajstić information content (AvgIpc) is 2.88. The van der Waals surface area contributed by atoms with Gasteiger partial charge in [0.05, 0.1) is 58.7 Å². The van der Waals surface area contributed by atoms with Crippen molar-refractivity contribution >= 4 is 56.9 Å². The van der Waals surface area contributed by atoms with Crippen LogP contribution < -0.4 is 4.90 Å². The molecule has 22 nitrogen and oxygen atoms in total. The Bertz CT molecular complexity index is 1490. The topological polar surface area (TPSA) is 305 Å². The van der Waals surface area contributed by atoms with Crippen molar-refractivity contribution in [2.75, 3.05) is 4.90 Å². The van der Waals surface area contributed by atoms with E-state index in [1.54, 1.807) is 0 Å². The lowest BCUT2D eigenvalue weighted by molar-refractivity contribution is -0.402. The molecule has 0 saturated carbocycles. The quantitative estimate of drug-likeness (QED) is 0.243. The number of nitrogens with zero attached hydrogens (tertiary/aromatic N) is 8. The van der Waals surface area contributed by atoms with Gasteiger partial charge in [0.2, 0.25) is 11.4 Å². The van der Waals surface area contributed by atoms with Gasteiger partial charge in [-0.3, -0.25) is 75.7 Å². The SMILES string of the molecule is O=[N+]([O-])c1ccc(N(c2c([N+](=O)[O-])cc([N+](=O)[O-])cc2[N+](=O)[O-])c2c([N+](=O)[O-])cc([N+](=O)[O-])cc2[N+](=O)[O-])cc1. The molecule has 0 N–H and O–H groups in total. The summed E-state index contributed by atoms with van der Waals surface area (Å²) in [5, 5.41) is 81.5. The summed E-state index contributed by atoms with van der Waals surface area (Å²) in [5.41, 5.74) is -11.8. The minimum Gasteiger partial charge on any atom is -0.287 e. The molecule has 204 valence electrons. The van der Waals surface area contributed by atoms with Crippen molar-refractivity contribution < 1.29 is 34.5 Å². The van der Waals surface area contributed by atoms with Crippen LogP contribution in [-0.4, -0.2) is 34.5 Å². The van der Waals surface area contributed by atoms with Gasteiger partial charge >= 0.3 is 22.7 Å². The summed E-state index contributed by atoms with van der Waals surface area (Å²) in [6.07, 6.45) is 0. The fourth-order valence-corrected chi connectivity index (χ4v) is 3.50. The number of benzene rings is 3. The second-order valence-electron chi connectivity index (χ2n) is 7.32. The van der Waals surface area contributed by atoms with Gasteiger partial charge in [-0.2, -0.15) is 0 Å². The minimum absolute atomic E-state index is 0.226. The molecule has 0 bridgehead atoms. The van der Waals surface area contributed by atoms with E-state index in [0.717, 1.165) is 24.3 Å². The summed E-state index contributed by atoms with van der Waals surface area (Å²) >= 11 is 0. The van der Waals surface area contributed by atoms with E-state index in [2.05, 4.69) is 0 Å². The van der Waals surface area contributed by atoms with E-state index in [0.29, 0.717) is 0 Å². The molecule has 0 heterocycles. The normalized spacial score (nSPS) is 10.4. The van der Waals surface area contributed by atoms with E-state index in [1.165, 1.54) is 0 Å². The van der Waals surface area contributed by atoms with Crippen molar-refractivity contribution in [1.29, 1.82) is 0 Å². The Labute approximate surface area is 216 Å². The smallest absolute Gasteiger partial charge is 0.287 e. The third-order valence-corrected chi connectivity index (χ3v) is 5.08. The zero-order valence-corrected chi connectivity index (χ0v) is 18.9. The number of hydrogen-bond acceptors (Lipinski definition) is 15. The van der Waals surface area contributed by atoms with Gasteiger partial charge in [0.15, 0.2) is 0 Å². The van der Waals surface area contributed by atoms with Crippen LogP contribution in [0, 0.1) is 70.8 Å². The van der Waals surface area contributed by atoms with E-state index in [-0.39, 0.29) is 29.2 Å². The number of rotatable bonds is 10. The van der Waals surface area contributed by atoms with Gasteiger partial charge in [0, 0.05) is 17.8 Å². The van der Waals surface area contributed by atoms with Crippen LogP contribution in [0.25, 0.3) is 0 Å². The van der Waals surface area contributed by atoms with Crippen molar-refractivity contribution in [3.8, 4) is 0 Å². The van der Waals surface area contributed by atoms with E-state index in [1.807, 2.05) is 0 Å². The lowest BCUT2D eigenvalue weighted by atomic mass is 10.1. The van der Waals surface area contributed by atoms with Gasteiger partial charge in [-0.1, -0.05) is 0 Å². The third-order valence-electron chi connectivity index (χ3n) is 5.08. The Morgan fingerprint density at radius 2 is 0.675 bits per heavy atom. The second kappa shape index (κ2) is 10.3. The van der Waals surface area contributed by atoms with Gasteiger partial charge in [0.25, 0.3) is 17.1 Å². The van der Waals surface area contributed by atoms with Crippen molar-refractivity contribution in [3.05, 3.63) is 119 Å². The van der Waals surface area contributed by atoms with Gasteiger partial charge < -0.3 is 0 Å². The number of anilines is 3. The largest absolute Gasteiger partial charge is 0.307 e. The van der Waals surface area contributed by atoms with Gasteiger partial charge in [-0.05, 0) is 12.1 Å². The molecule has 0 amide bonds. The summed E-state index contributed by atoms with van der Waals surface area (Å²) in [5.74, 6) is 0. The zero-order valence-electron chi connectivity index (χ0n) is 18.9. The molecule has 22 heteroatoms. The summed E-state index contributed by atoms with van der Waals surface area (Å²) in [7, 11) is 0. The Morgan fingerprint density at radius 3 is 0.900 bits per heavy atom. The lowest BCUT2D eigenvalue weighted by Crippen LogP contribution is -2.17. The van der Waals surface area contributed by atoms with Crippen LogP contribution in [0.4, 0.5) is 56.9 Å². The maximum absolute atomic E-state index is 12.0. The number of non-ortho nitro benzene ring substituents is 3. The molecule has 3 aromatic carbocycles. The van der Waals surface area contributed by atoms with Crippen molar-refractivity contribution in [2.45, 2.75) is 0 Å². The first-order chi connectivity index (χ1) is 18.6. The van der Waals surface area contributed by atoms with Gasteiger partial charge in [0.1, 0.15) is 0 Å². The summed E-state index contributed by atoms with van der Waals surface area (Å²) in [6, 6.07) is 3.98. The molecule has 0 fully saturated rings. The second-order valence-corrected chi connectivity index (χ2v) is 7.32. The molecule has 0 aliphatic heterocycles. The first kappa shape index (κ1) is 27.8. The third kappa shape index (κ3) is 5.05. The Hall–Kier alpha value is -6.74. The molecule has 3 aromatic rings. The number of nitro groups is 7. The standard InChI is InChI=1S/C18H8N8O14/c27-20(28)10-3-1-9(2-4-10)19(17-13(23(33)34)5-11(21(29)30)6-14(17)24(35)36)18-15(25(37)38)7-12(22(31)32)8-16(18)26(39)40/h1-8H. The van der Waals surface area contributed by atoms with Gasteiger partial charge in [-0.25, -0.2) is 0 Å². The molecule has 0 atom stereocenters. The van der Waals surface area contributed by atoms with E-state index in [4.69, 9.17) is 0 Å². The molecule has 0 spiro atoms. The van der Waals surface area contributed by atoms with E-state index < -0.39 is 91.3 Å². The monoisotopic (exact) mass is 560 g/mol. The maximum atomic E-state index is 12.0. The first-order valence-electron chi connectivity index (χ1n) is 9.92. The highest BCUT2D eigenvalue weighted by Gasteiger charge is 2.42. The maximum Gasteiger partial charge on any atom is 0.307 e. The molecular formula is C18H8N8O14. The molecular weight excluding hydrogens is 552 g/mol. The van der Waals surface area contributed by atoms with Crippen molar-refractivity contribution in [3.63, 3.8) is 0 Å². The average molecular weight is 560 g/mol. The predicted molar refractivity (Wildman–Crippen MR) is 128 cm³/mol. The molecule has 0 unspecified atom stereocenters. The van der Waals surface area contributed by atoms with Crippen LogP contribution in [0.5, 0.6) is 0 Å². The molecule has 40 heavy (non-hydrogen) atoms. The highest BCUT2D eigenvalue weighted by Crippen LogP contribution is 2.53. The zero-order chi connectivity index (χ0) is 30.0. The minimum atomic E-state index is -1.43. The molecule has 3 rings (SSSR count). The van der Waals surface area contributed by atoms with Crippen LogP contribution in [-0.2, 0) is 0 Å². The Kier molecular flexibility index (Phi) is 7.19. The molecule has 0 saturated heterocycles. The van der Waals surface area contributed by atoms with Gasteiger partial charge in [-0.15, -0.1) is 0 Å². The summed E-state index contributed by atoms with van der Waals surface area (Å²) in [4.78, 5) is 73.0. The van der Waals surface area contributed by atoms with Crippen LogP contribution in [0.3, 0.4) is 0 Å². The fraction of sp³-hybridized carbons (Fsp3) is 0. The predicted octanol–water partition coefficient (Wildman–Crippen LogP) is 4.51. The van der Waals surface area contributed by atoms with Crippen molar-refractivity contribution in [2.24, 2.45) is 0 Å². The van der Waals surface area contributed by atoms with E-state index in [9.17, 15) is 70.8 Å². The van der Waals surface area contributed by atoms with Crippen LogP contribution in [0.1, 0.15) is 0 Å². The molecule has 0 aliphatic carbocycles. The highest BCUT2D eigenvalue weighted by molar-refractivity contribution is 5.96. The van der Waals surface area contributed by atoms with Crippen LogP contribution in [0.15, 0.2) is 48.5 Å². The van der Waals surface area contributed by atoms with E-state index >= 15 is 0 Å². The van der Waals surface area contributed by atoms with Crippen LogP contribution >= 0.6 is 0 Å². The lowest BCUT2D eigenvalue weighted by Gasteiger charge is -2.24. The molecule has 0 aliphatic rings. The van der Waals surface area contributed by atoms with Crippen molar-refractivity contribution in [1.82, 2.24) is 0 Å². The summed E-state index contributed by atoms with van der Waals surface area (Å²) < 4.78 is 0. The molecule has 0 radical (unpaired) electrons. The molecule has 0 aromatic heterocycles. The van der Waals surface area contributed by atoms with Crippen LogP contribution in [0.2, 0.25) is 0 Å². The summed E-state index contributed by atoms with van der Waals surface area (Å²) in [6.45, 7) is 0. The highest BCUT2D eigenvalue weighted by atomic mass is 16.7. The Morgan fingerprint density at radius 1 is 0.400 bits per heavy atom. The fourth-order valence-electron chi connectivity index (χ4n) is 3.50. The Balaban J connectivity index is 2.66. The number of nitro benzene ring substituents is 7. The number of hydrogen-bond donors (Lipinski definition) is 0.